The number of rotatable bonds is 3. The standard InChI is InChI=1S/C13H12N4O4/c1-21-11-4-7(2-3-10(11)18)9-5-8(12(19)20)16-13-14-6-15-17(9)13/h2-4,6,9,18H,5H2,1H3,(H,19,20)/p-1. The second-order valence-electron chi connectivity index (χ2n) is 4.50. The van der Waals surface area contributed by atoms with Crippen LogP contribution in [-0.4, -0.2) is 38.7 Å². The van der Waals surface area contributed by atoms with Gasteiger partial charge in [-0.1, -0.05) is 6.07 Å². The van der Waals surface area contributed by atoms with Gasteiger partial charge in [0, 0.05) is 6.42 Å². The Balaban J connectivity index is 2.07. The van der Waals surface area contributed by atoms with E-state index in [0.717, 1.165) is 5.56 Å². The van der Waals surface area contributed by atoms with Crippen LogP contribution < -0.4 is 9.84 Å². The Hall–Kier alpha value is -2.90. The lowest BCUT2D eigenvalue weighted by molar-refractivity contribution is -0.294. The highest BCUT2D eigenvalue weighted by Gasteiger charge is 2.26. The van der Waals surface area contributed by atoms with Crippen molar-refractivity contribution < 1.29 is 19.7 Å². The number of methoxy groups -OCH3 is 1. The van der Waals surface area contributed by atoms with Gasteiger partial charge in [0.05, 0.1) is 24.8 Å². The maximum absolute atomic E-state index is 11.1. The van der Waals surface area contributed by atoms with Gasteiger partial charge in [0.15, 0.2) is 11.5 Å². The minimum absolute atomic E-state index is 0.00432. The highest BCUT2D eigenvalue weighted by atomic mass is 16.5. The average Bonchev–Trinajstić information content (AvgIpc) is 2.95. The summed E-state index contributed by atoms with van der Waals surface area (Å²) in [6, 6.07) is 4.38. The van der Waals surface area contributed by atoms with E-state index in [4.69, 9.17) is 4.74 Å². The summed E-state index contributed by atoms with van der Waals surface area (Å²) in [5.41, 5.74) is 0.637. The molecule has 1 aliphatic heterocycles. The number of fused-ring (bicyclic) bond motifs is 1. The van der Waals surface area contributed by atoms with Gasteiger partial charge in [0.2, 0.25) is 5.95 Å². The van der Waals surface area contributed by atoms with Crippen LogP contribution in [0.5, 0.6) is 11.5 Å². The molecule has 0 saturated heterocycles. The molecule has 1 aromatic heterocycles. The van der Waals surface area contributed by atoms with Crippen LogP contribution in [0.4, 0.5) is 5.95 Å². The minimum atomic E-state index is -1.33. The molecule has 0 bridgehead atoms. The Morgan fingerprint density at radius 3 is 3.05 bits per heavy atom. The van der Waals surface area contributed by atoms with Gasteiger partial charge in [-0.3, -0.25) is 0 Å². The van der Waals surface area contributed by atoms with Crippen LogP contribution in [0.15, 0.2) is 29.5 Å². The molecule has 8 heteroatoms. The number of aliphatic carboxylic acids is 1. The molecule has 0 fully saturated rings. The first-order valence-electron chi connectivity index (χ1n) is 6.15. The van der Waals surface area contributed by atoms with Gasteiger partial charge in [0.25, 0.3) is 0 Å². The molecule has 1 unspecified atom stereocenters. The molecule has 1 aromatic carbocycles. The molecule has 8 nitrogen and oxygen atoms in total. The fraction of sp³-hybridized carbons (Fsp3) is 0.231. The number of phenolic OH excluding ortho intramolecular Hbond substituents is 1. The fourth-order valence-corrected chi connectivity index (χ4v) is 2.27. The second kappa shape index (κ2) is 4.89. The minimum Gasteiger partial charge on any atom is -0.543 e. The molecule has 0 saturated carbocycles. The van der Waals surface area contributed by atoms with E-state index in [1.807, 2.05) is 0 Å². The van der Waals surface area contributed by atoms with E-state index in [1.54, 1.807) is 12.1 Å². The van der Waals surface area contributed by atoms with E-state index in [-0.39, 0.29) is 23.8 Å². The number of benzene rings is 1. The molecule has 2 aromatic rings. The number of ether oxygens (including phenoxy) is 1. The zero-order chi connectivity index (χ0) is 15.0. The molecule has 3 rings (SSSR count). The van der Waals surface area contributed by atoms with Gasteiger partial charge in [-0.15, -0.1) is 0 Å². The monoisotopic (exact) mass is 287 g/mol. The van der Waals surface area contributed by atoms with Crippen molar-refractivity contribution in [3.8, 4) is 11.5 Å². The molecule has 21 heavy (non-hydrogen) atoms. The van der Waals surface area contributed by atoms with Gasteiger partial charge >= 0.3 is 0 Å². The Kier molecular flexibility index (Phi) is 3.05. The highest BCUT2D eigenvalue weighted by molar-refractivity contribution is 6.35. The van der Waals surface area contributed by atoms with Crippen molar-refractivity contribution in [1.29, 1.82) is 0 Å². The molecular formula is C13H11N4O4-. The number of phenols is 1. The molecule has 1 aliphatic rings. The van der Waals surface area contributed by atoms with Gasteiger partial charge in [-0.25, -0.2) is 9.67 Å². The highest BCUT2D eigenvalue weighted by Crippen LogP contribution is 2.34. The Bertz CT molecular complexity index is 738. The van der Waals surface area contributed by atoms with E-state index in [0.29, 0.717) is 5.75 Å². The summed E-state index contributed by atoms with van der Waals surface area (Å²) < 4.78 is 6.59. The lowest BCUT2D eigenvalue weighted by Crippen LogP contribution is -2.35. The number of aromatic hydroxyl groups is 1. The van der Waals surface area contributed by atoms with E-state index in [9.17, 15) is 15.0 Å². The van der Waals surface area contributed by atoms with Crippen LogP contribution in [-0.2, 0) is 4.79 Å². The molecule has 0 amide bonds. The number of carboxylic acid groups (broad SMARTS) is 1. The number of carbonyl (C=O) groups excluding carboxylic acids is 1. The topological polar surface area (TPSA) is 113 Å². The summed E-state index contributed by atoms with van der Waals surface area (Å²) in [4.78, 5) is 18.9. The van der Waals surface area contributed by atoms with Crippen LogP contribution in [0.1, 0.15) is 18.0 Å². The van der Waals surface area contributed by atoms with Crippen molar-refractivity contribution >= 4 is 17.6 Å². The third kappa shape index (κ3) is 2.20. The molecule has 0 radical (unpaired) electrons. The molecule has 0 spiro atoms. The van der Waals surface area contributed by atoms with Crippen LogP contribution >= 0.6 is 0 Å². The SMILES string of the molecule is COc1cc(C2CC(C(=O)[O-])=Nc3ncnn32)ccc1O. The van der Waals surface area contributed by atoms with Crippen molar-refractivity contribution in [3.63, 3.8) is 0 Å². The normalized spacial score (nSPS) is 17.0. The van der Waals surface area contributed by atoms with Gasteiger partial charge in [-0.05, 0) is 17.7 Å². The van der Waals surface area contributed by atoms with E-state index >= 15 is 0 Å². The first-order valence-corrected chi connectivity index (χ1v) is 6.15. The maximum Gasteiger partial charge on any atom is 0.248 e. The summed E-state index contributed by atoms with van der Waals surface area (Å²) in [6.45, 7) is 0. The number of carbonyl (C=O) groups is 1. The number of aromatic nitrogens is 3. The summed E-state index contributed by atoms with van der Waals surface area (Å²) in [7, 11) is 1.44. The Morgan fingerprint density at radius 2 is 2.33 bits per heavy atom. The third-order valence-corrected chi connectivity index (χ3v) is 3.30. The average molecular weight is 287 g/mol. The van der Waals surface area contributed by atoms with E-state index in [2.05, 4.69) is 15.1 Å². The first-order chi connectivity index (χ1) is 10.1. The van der Waals surface area contributed by atoms with E-state index in [1.165, 1.54) is 24.2 Å². The largest absolute Gasteiger partial charge is 0.543 e. The predicted octanol–water partition coefficient (Wildman–Crippen LogP) is -0.192. The van der Waals surface area contributed by atoms with Crippen LogP contribution in [0.3, 0.4) is 0 Å². The quantitative estimate of drug-likeness (QED) is 0.837. The lowest BCUT2D eigenvalue weighted by atomic mass is 9.99. The van der Waals surface area contributed by atoms with Crippen molar-refractivity contribution in [2.24, 2.45) is 4.99 Å². The fourth-order valence-electron chi connectivity index (χ4n) is 2.27. The number of hydrogen-bond acceptors (Lipinski definition) is 7. The molecule has 0 aliphatic carbocycles. The van der Waals surface area contributed by atoms with Gasteiger partial charge < -0.3 is 19.7 Å². The summed E-state index contributed by atoms with van der Waals surface area (Å²) in [5.74, 6) is -0.825. The molecule has 1 N–H and O–H groups in total. The first kappa shape index (κ1) is 13.1. The zero-order valence-corrected chi connectivity index (χ0v) is 11.1. The van der Waals surface area contributed by atoms with Crippen LogP contribution in [0.25, 0.3) is 0 Å². The van der Waals surface area contributed by atoms with Gasteiger partial charge in [0.1, 0.15) is 6.33 Å². The molecule has 1 atom stereocenters. The summed E-state index contributed by atoms with van der Waals surface area (Å²) in [5, 5.41) is 24.8. The molecule has 108 valence electrons. The summed E-state index contributed by atoms with van der Waals surface area (Å²) >= 11 is 0. The van der Waals surface area contributed by atoms with Crippen LogP contribution in [0, 0.1) is 0 Å². The van der Waals surface area contributed by atoms with Crippen molar-refractivity contribution in [2.45, 2.75) is 12.5 Å². The Labute approximate surface area is 119 Å². The molecule has 2 heterocycles. The zero-order valence-electron chi connectivity index (χ0n) is 11.1. The van der Waals surface area contributed by atoms with E-state index < -0.39 is 12.0 Å². The Morgan fingerprint density at radius 1 is 1.52 bits per heavy atom. The number of aliphatic imine (C=N–C) groups is 1. The smallest absolute Gasteiger partial charge is 0.248 e. The second-order valence-corrected chi connectivity index (χ2v) is 4.50. The van der Waals surface area contributed by atoms with Crippen molar-refractivity contribution in [3.05, 3.63) is 30.1 Å². The number of carboxylic acids is 1. The van der Waals surface area contributed by atoms with Crippen molar-refractivity contribution in [2.75, 3.05) is 7.11 Å². The lowest BCUT2D eigenvalue weighted by Gasteiger charge is -2.24. The third-order valence-electron chi connectivity index (χ3n) is 3.30. The molecular weight excluding hydrogens is 276 g/mol. The van der Waals surface area contributed by atoms with Crippen molar-refractivity contribution in [1.82, 2.24) is 14.8 Å². The van der Waals surface area contributed by atoms with Gasteiger partial charge in [-0.2, -0.15) is 10.1 Å². The number of nitrogens with zero attached hydrogens (tertiary/aromatic N) is 4. The maximum atomic E-state index is 11.1. The summed E-state index contributed by atoms with van der Waals surface area (Å²) in [6.07, 6.45) is 1.42. The van der Waals surface area contributed by atoms with Crippen LogP contribution in [0.2, 0.25) is 0 Å². The predicted molar refractivity (Wildman–Crippen MR) is 69.5 cm³/mol. The number of hydrogen-bond donors (Lipinski definition) is 1.